The summed E-state index contributed by atoms with van der Waals surface area (Å²) < 4.78 is 0.727. The van der Waals surface area contributed by atoms with E-state index in [1.807, 2.05) is 0 Å². The van der Waals surface area contributed by atoms with Crippen molar-refractivity contribution in [1.82, 2.24) is 0 Å². The first-order valence-corrected chi connectivity index (χ1v) is 3.80. The second-order valence-electron chi connectivity index (χ2n) is 2.51. The third-order valence-electron chi connectivity index (χ3n) is 1.65. The molecule has 0 aromatic heterocycles. The van der Waals surface area contributed by atoms with Crippen molar-refractivity contribution in [1.29, 1.82) is 0 Å². The number of hydrogen-bond donors (Lipinski definition) is 1. The van der Waals surface area contributed by atoms with E-state index in [2.05, 4.69) is 29.5 Å². The molecule has 2 heteroatoms. The molecule has 0 spiro atoms. The fourth-order valence-electron chi connectivity index (χ4n) is 0.709. The Morgan fingerprint density at radius 3 is 2.29 bits per heavy atom. The van der Waals surface area contributed by atoms with Gasteiger partial charge in [-0.05, 0) is 19.8 Å². The zero-order valence-electron chi connectivity index (χ0n) is 4.45. The van der Waals surface area contributed by atoms with Crippen LogP contribution in [0.25, 0.3) is 0 Å². The summed E-state index contributed by atoms with van der Waals surface area (Å²) in [4.78, 5) is 0. The van der Waals surface area contributed by atoms with Crippen molar-refractivity contribution < 1.29 is 0 Å². The van der Waals surface area contributed by atoms with Gasteiger partial charge in [-0.2, -0.15) is 0 Å². The summed E-state index contributed by atoms with van der Waals surface area (Å²) in [6.07, 6.45) is 2.52. The topological polar surface area (TPSA) is 26.0 Å². The summed E-state index contributed by atoms with van der Waals surface area (Å²) in [5, 5.41) is 0. The monoisotopic (exact) mass is 211 g/mol. The lowest BCUT2D eigenvalue weighted by molar-refractivity contribution is 0.304. The highest BCUT2D eigenvalue weighted by Crippen LogP contribution is 2.35. The van der Waals surface area contributed by atoms with Gasteiger partial charge in [0.1, 0.15) is 0 Å². The molecule has 0 aliphatic heterocycles. The molecule has 1 nitrogen and oxygen atoms in total. The number of nitrogens with two attached hydrogens (primary N) is 1. The molecule has 2 atom stereocenters. The maximum Gasteiger partial charge on any atom is 0.0288 e. The van der Waals surface area contributed by atoms with E-state index in [0.29, 0.717) is 0 Å². The summed E-state index contributed by atoms with van der Waals surface area (Å²) in [6.45, 7) is 2.12. The summed E-state index contributed by atoms with van der Waals surface area (Å²) in [5.74, 6) is 0. The Kier molecular flexibility index (Phi) is 1.32. The first-order valence-electron chi connectivity index (χ1n) is 2.56. The number of hydrogen-bond acceptors (Lipinski definition) is 1. The Morgan fingerprint density at radius 1 is 1.86 bits per heavy atom. The molecule has 0 aromatic carbocycles. The van der Waals surface area contributed by atoms with Gasteiger partial charge in [0.15, 0.2) is 0 Å². The van der Waals surface area contributed by atoms with Gasteiger partial charge < -0.3 is 5.73 Å². The van der Waals surface area contributed by atoms with Crippen molar-refractivity contribution in [2.75, 3.05) is 0 Å². The van der Waals surface area contributed by atoms with Crippen LogP contribution in [0, 0.1) is 0 Å². The lowest BCUT2D eigenvalue weighted by atomic mass is 9.80. The molecule has 1 fully saturated rings. The van der Waals surface area contributed by atoms with Crippen molar-refractivity contribution in [2.24, 2.45) is 5.73 Å². The highest BCUT2D eigenvalue weighted by Gasteiger charge is 2.36. The van der Waals surface area contributed by atoms with Gasteiger partial charge in [0.05, 0.1) is 0 Å². The summed E-state index contributed by atoms with van der Waals surface area (Å²) in [6, 6.07) is 0. The highest BCUT2D eigenvalue weighted by atomic mass is 127. The van der Waals surface area contributed by atoms with Gasteiger partial charge in [-0.3, -0.25) is 0 Å². The Bertz CT molecular complexity index is 80.1. The van der Waals surface area contributed by atoms with Crippen LogP contribution < -0.4 is 5.73 Å². The molecule has 0 aromatic rings. The fourth-order valence-corrected chi connectivity index (χ4v) is 1.33. The van der Waals surface area contributed by atoms with Crippen LogP contribution in [-0.4, -0.2) is 9.46 Å². The SMILES string of the molecule is C[C@@]1(N)CC[C@H]1I. The smallest absolute Gasteiger partial charge is 0.0288 e. The van der Waals surface area contributed by atoms with Crippen LogP contribution in [0.1, 0.15) is 19.8 Å². The van der Waals surface area contributed by atoms with Crippen molar-refractivity contribution in [2.45, 2.75) is 29.2 Å². The minimum absolute atomic E-state index is 0.167. The predicted molar refractivity (Wildman–Crippen MR) is 39.6 cm³/mol. The zero-order chi connectivity index (χ0) is 5.49. The molecule has 1 saturated carbocycles. The fraction of sp³-hybridized carbons (Fsp3) is 1.00. The van der Waals surface area contributed by atoms with E-state index in [4.69, 9.17) is 5.73 Å². The van der Waals surface area contributed by atoms with Crippen molar-refractivity contribution in [3.05, 3.63) is 0 Å². The maximum atomic E-state index is 5.76. The van der Waals surface area contributed by atoms with E-state index in [9.17, 15) is 0 Å². The number of rotatable bonds is 0. The van der Waals surface area contributed by atoms with Gasteiger partial charge in [0.2, 0.25) is 0 Å². The molecular weight excluding hydrogens is 201 g/mol. The molecule has 0 heterocycles. The Morgan fingerprint density at radius 2 is 2.29 bits per heavy atom. The Hall–Kier alpha value is 0.690. The molecule has 0 radical (unpaired) electrons. The van der Waals surface area contributed by atoms with Gasteiger partial charge in [0, 0.05) is 9.46 Å². The van der Waals surface area contributed by atoms with E-state index < -0.39 is 0 Å². The molecule has 0 saturated heterocycles. The average molecular weight is 211 g/mol. The predicted octanol–water partition coefficient (Wildman–Crippen LogP) is 1.30. The van der Waals surface area contributed by atoms with Crippen LogP contribution in [0.15, 0.2) is 0 Å². The van der Waals surface area contributed by atoms with E-state index in [0.717, 1.165) is 3.92 Å². The second-order valence-corrected chi connectivity index (χ2v) is 4.02. The first-order chi connectivity index (χ1) is 3.13. The largest absolute Gasteiger partial charge is 0.324 e. The summed E-state index contributed by atoms with van der Waals surface area (Å²) in [7, 11) is 0. The number of halogens is 1. The average Bonchev–Trinajstić information content (AvgIpc) is 1.63. The van der Waals surface area contributed by atoms with Gasteiger partial charge >= 0.3 is 0 Å². The minimum Gasteiger partial charge on any atom is -0.324 e. The standard InChI is InChI=1S/C5H10IN/c1-5(7)3-2-4(5)6/h4H,2-3,7H2,1H3/t4-,5-/m1/s1. The van der Waals surface area contributed by atoms with Crippen LogP contribution in [-0.2, 0) is 0 Å². The summed E-state index contributed by atoms with van der Waals surface area (Å²) in [5.41, 5.74) is 5.92. The first kappa shape index (κ1) is 5.82. The van der Waals surface area contributed by atoms with Crippen LogP contribution in [0.3, 0.4) is 0 Å². The van der Waals surface area contributed by atoms with Gasteiger partial charge in [-0.15, -0.1) is 0 Å². The molecule has 0 unspecified atom stereocenters. The van der Waals surface area contributed by atoms with Crippen LogP contribution in [0.5, 0.6) is 0 Å². The van der Waals surface area contributed by atoms with Crippen LogP contribution >= 0.6 is 22.6 Å². The molecule has 42 valence electrons. The Balaban J connectivity index is 2.43. The van der Waals surface area contributed by atoms with Crippen molar-refractivity contribution in [3.8, 4) is 0 Å². The van der Waals surface area contributed by atoms with Crippen LogP contribution in [0.2, 0.25) is 0 Å². The van der Waals surface area contributed by atoms with Gasteiger partial charge in [0.25, 0.3) is 0 Å². The minimum atomic E-state index is 0.167. The van der Waals surface area contributed by atoms with Gasteiger partial charge in [-0.25, -0.2) is 0 Å². The molecular formula is C5H10IN. The lowest BCUT2D eigenvalue weighted by Gasteiger charge is -2.40. The molecule has 2 N–H and O–H groups in total. The third kappa shape index (κ3) is 0.914. The van der Waals surface area contributed by atoms with Crippen molar-refractivity contribution in [3.63, 3.8) is 0 Å². The molecule has 0 bridgehead atoms. The zero-order valence-corrected chi connectivity index (χ0v) is 6.60. The lowest BCUT2D eigenvalue weighted by Crippen LogP contribution is -2.53. The Labute approximate surface area is 57.8 Å². The van der Waals surface area contributed by atoms with Crippen LogP contribution in [0.4, 0.5) is 0 Å². The summed E-state index contributed by atoms with van der Waals surface area (Å²) >= 11 is 2.41. The maximum absolute atomic E-state index is 5.76. The highest BCUT2D eigenvalue weighted by molar-refractivity contribution is 14.1. The van der Waals surface area contributed by atoms with E-state index in [1.54, 1.807) is 0 Å². The quantitative estimate of drug-likeness (QED) is 0.474. The molecule has 7 heavy (non-hydrogen) atoms. The van der Waals surface area contributed by atoms with Crippen molar-refractivity contribution >= 4 is 22.6 Å². The molecule has 1 aliphatic rings. The third-order valence-corrected chi connectivity index (χ3v) is 3.70. The number of alkyl halides is 1. The van der Waals surface area contributed by atoms with Gasteiger partial charge in [-0.1, -0.05) is 22.6 Å². The second kappa shape index (κ2) is 1.58. The molecule has 0 amide bonds. The van der Waals surface area contributed by atoms with E-state index in [-0.39, 0.29) is 5.54 Å². The van der Waals surface area contributed by atoms with E-state index >= 15 is 0 Å². The molecule has 1 rings (SSSR count). The van der Waals surface area contributed by atoms with E-state index in [1.165, 1.54) is 12.8 Å². The normalized spacial score (nSPS) is 51.0. The molecule has 1 aliphatic carbocycles.